The van der Waals surface area contributed by atoms with E-state index in [1.54, 1.807) is 13.8 Å². The predicted octanol–water partition coefficient (Wildman–Crippen LogP) is 2.81. The SMILES string of the molecule is CC(C)S(=O)(=O)c1ccc(C(=O)N2CCN(S(=O)(=O)c3ccc(F)c(Cl)c3)CC2)cc1. The largest absolute Gasteiger partial charge is 0.336 e. The molecule has 11 heteroatoms. The molecule has 168 valence electrons. The fourth-order valence-corrected chi connectivity index (χ4v) is 5.91. The topological polar surface area (TPSA) is 91.8 Å². The van der Waals surface area contributed by atoms with Crippen LogP contribution in [0.3, 0.4) is 0 Å². The van der Waals surface area contributed by atoms with Gasteiger partial charge in [0.25, 0.3) is 5.91 Å². The van der Waals surface area contributed by atoms with E-state index in [0.717, 1.165) is 18.2 Å². The van der Waals surface area contributed by atoms with Gasteiger partial charge in [-0.15, -0.1) is 0 Å². The summed E-state index contributed by atoms with van der Waals surface area (Å²) in [6, 6.07) is 8.95. The molecule has 1 fully saturated rings. The molecule has 1 heterocycles. The number of carbonyl (C=O) groups is 1. The van der Waals surface area contributed by atoms with Gasteiger partial charge in [-0.3, -0.25) is 4.79 Å². The molecule has 1 aliphatic rings. The molecule has 1 amide bonds. The van der Waals surface area contributed by atoms with E-state index in [0.29, 0.717) is 5.56 Å². The minimum Gasteiger partial charge on any atom is -0.336 e. The highest BCUT2D eigenvalue weighted by atomic mass is 35.5. The summed E-state index contributed by atoms with van der Waals surface area (Å²) in [6.45, 7) is 3.65. The lowest BCUT2D eigenvalue weighted by Gasteiger charge is -2.34. The maximum Gasteiger partial charge on any atom is 0.253 e. The van der Waals surface area contributed by atoms with Crippen molar-refractivity contribution in [1.29, 1.82) is 0 Å². The zero-order valence-electron chi connectivity index (χ0n) is 17.0. The molecule has 0 aliphatic carbocycles. The minimum atomic E-state index is -3.87. The summed E-state index contributed by atoms with van der Waals surface area (Å²) in [4.78, 5) is 14.3. The Balaban J connectivity index is 1.69. The predicted molar refractivity (Wildman–Crippen MR) is 115 cm³/mol. The van der Waals surface area contributed by atoms with Crippen LogP contribution >= 0.6 is 11.6 Å². The molecule has 1 aliphatic heterocycles. The Morgan fingerprint density at radius 2 is 1.48 bits per heavy atom. The highest BCUT2D eigenvalue weighted by molar-refractivity contribution is 7.92. The van der Waals surface area contributed by atoms with Crippen molar-refractivity contribution in [3.63, 3.8) is 0 Å². The van der Waals surface area contributed by atoms with Crippen LogP contribution in [-0.4, -0.2) is 63.4 Å². The van der Waals surface area contributed by atoms with Crippen LogP contribution in [0.1, 0.15) is 24.2 Å². The molecule has 0 aromatic heterocycles. The average Bonchev–Trinajstić information content (AvgIpc) is 2.75. The molecule has 0 bridgehead atoms. The lowest BCUT2D eigenvalue weighted by atomic mass is 10.2. The maximum atomic E-state index is 13.3. The van der Waals surface area contributed by atoms with Gasteiger partial charge in [0, 0.05) is 31.7 Å². The Morgan fingerprint density at radius 1 is 0.935 bits per heavy atom. The third kappa shape index (κ3) is 4.77. The van der Waals surface area contributed by atoms with Crippen molar-refractivity contribution in [3.05, 3.63) is 58.9 Å². The molecule has 0 saturated carbocycles. The molecule has 0 N–H and O–H groups in total. The molecule has 31 heavy (non-hydrogen) atoms. The average molecular weight is 489 g/mol. The van der Waals surface area contributed by atoms with Gasteiger partial charge in [-0.2, -0.15) is 4.31 Å². The van der Waals surface area contributed by atoms with Crippen molar-refractivity contribution in [2.75, 3.05) is 26.2 Å². The lowest BCUT2D eigenvalue weighted by molar-refractivity contribution is 0.0698. The summed E-state index contributed by atoms with van der Waals surface area (Å²) < 4.78 is 64.5. The number of piperazine rings is 1. The van der Waals surface area contributed by atoms with Crippen molar-refractivity contribution in [3.8, 4) is 0 Å². The van der Waals surface area contributed by atoms with Gasteiger partial charge in [0.15, 0.2) is 9.84 Å². The summed E-state index contributed by atoms with van der Waals surface area (Å²) in [5.41, 5.74) is 0.323. The zero-order valence-corrected chi connectivity index (χ0v) is 19.3. The second-order valence-electron chi connectivity index (χ2n) is 7.39. The second kappa shape index (κ2) is 8.85. The monoisotopic (exact) mass is 488 g/mol. The van der Waals surface area contributed by atoms with Crippen LogP contribution in [0, 0.1) is 5.82 Å². The fourth-order valence-electron chi connectivity index (χ4n) is 3.16. The summed E-state index contributed by atoms with van der Waals surface area (Å²) in [5, 5.41) is -0.849. The van der Waals surface area contributed by atoms with E-state index >= 15 is 0 Å². The Kier molecular flexibility index (Phi) is 6.75. The first-order chi connectivity index (χ1) is 14.4. The number of sulfone groups is 1. The third-order valence-electron chi connectivity index (χ3n) is 5.11. The number of carbonyl (C=O) groups excluding carboxylic acids is 1. The smallest absolute Gasteiger partial charge is 0.253 e. The number of hydrogen-bond acceptors (Lipinski definition) is 5. The number of rotatable bonds is 5. The normalized spacial score (nSPS) is 16.0. The van der Waals surface area contributed by atoms with Gasteiger partial charge in [0.05, 0.1) is 20.1 Å². The standard InChI is InChI=1S/C20H22ClFN2O5S2/c1-14(2)30(26,27)16-5-3-15(4-6-16)20(25)23-9-11-24(12-10-23)31(28,29)17-7-8-19(22)18(21)13-17/h3-8,13-14H,9-12H2,1-2H3. The van der Waals surface area contributed by atoms with E-state index < -0.39 is 30.9 Å². The van der Waals surface area contributed by atoms with Crippen molar-refractivity contribution >= 4 is 37.4 Å². The molecule has 2 aromatic carbocycles. The van der Waals surface area contributed by atoms with Gasteiger partial charge in [-0.05, 0) is 56.3 Å². The minimum absolute atomic E-state index is 0.0723. The van der Waals surface area contributed by atoms with Crippen LogP contribution in [0.4, 0.5) is 4.39 Å². The van der Waals surface area contributed by atoms with Crippen LogP contribution in [0.25, 0.3) is 0 Å². The highest BCUT2D eigenvalue weighted by Gasteiger charge is 2.31. The molecule has 0 spiro atoms. The van der Waals surface area contributed by atoms with Gasteiger partial charge >= 0.3 is 0 Å². The number of nitrogens with zero attached hydrogens (tertiary/aromatic N) is 2. The molecule has 0 unspecified atom stereocenters. The van der Waals surface area contributed by atoms with Crippen molar-refractivity contribution < 1.29 is 26.0 Å². The Labute approximate surface area is 186 Å². The van der Waals surface area contributed by atoms with Gasteiger partial charge in [-0.1, -0.05) is 11.6 Å². The molecule has 1 saturated heterocycles. The Bertz CT molecular complexity index is 1190. The van der Waals surface area contributed by atoms with E-state index in [-0.39, 0.29) is 46.9 Å². The van der Waals surface area contributed by atoms with Gasteiger partial charge in [-0.25, -0.2) is 21.2 Å². The summed E-state index contributed by atoms with van der Waals surface area (Å²) in [7, 11) is -7.30. The molecular formula is C20H22ClFN2O5S2. The van der Waals surface area contributed by atoms with Gasteiger partial charge in [0.1, 0.15) is 5.82 Å². The summed E-state index contributed by atoms with van der Waals surface area (Å²) >= 11 is 5.70. The van der Waals surface area contributed by atoms with Gasteiger partial charge in [0.2, 0.25) is 10.0 Å². The van der Waals surface area contributed by atoms with Crippen LogP contribution < -0.4 is 0 Å². The first-order valence-corrected chi connectivity index (χ1v) is 12.9. The molecular weight excluding hydrogens is 467 g/mol. The number of benzene rings is 2. The molecule has 0 atom stereocenters. The number of amides is 1. The van der Waals surface area contributed by atoms with Crippen molar-refractivity contribution in [2.24, 2.45) is 0 Å². The first kappa shape index (κ1) is 23.6. The van der Waals surface area contributed by atoms with Gasteiger partial charge < -0.3 is 4.90 Å². The maximum absolute atomic E-state index is 13.3. The van der Waals surface area contributed by atoms with Crippen molar-refractivity contribution in [1.82, 2.24) is 9.21 Å². The molecule has 0 radical (unpaired) electrons. The highest BCUT2D eigenvalue weighted by Crippen LogP contribution is 2.24. The van der Waals surface area contributed by atoms with Crippen molar-refractivity contribution in [2.45, 2.75) is 28.9 Å². The Hall–Kier alpha value is -2.01. The van der Waals surface area contributed by atoms with E-state index in [2.05, 4.69) is 0 Å². The zero-order chi connectivity index (χ0) is 23.0. The van der Waals surface area contributed by atoms with E-state index in [1.807, 2.05) is 0 Å². The molecule has 3 rings (SSSR count). The van der Waals surface area contributed by atoms with Crippen LogP contribution in [0.5, 0.6) is 0 Å². The summed E-state index contributed by atoms with van der Waals surface area (Å²) in [5.74, 6) is -1.02. The molecule has 2 aromatic rings. The van der Waals surface area contributed by atoms with E-state index in [4.69, 9.17) is 11.6 Å². The quantitative estimate of drug-likeness (QED) is 0.645. The van der Waals surface area contributed by atoms with Crippen LogP contribution in [0.2, 0.25) is 5.02 Å². The van der Waals surface area contributed by atoms with E-state index in [1.165, 1.54) is 33.5 Å². The number of halogens is 2. The fraction of sp³-hybridized carbons (Fsp3) is 0.350. The van der Waals surface area contributed by atoms with Crippen LogP contribution in [-0.2, 0) is 19.9 Å². The Morgan fingerprint density at radius 3 is 2.00 bits per heavy atom. The number of hydrogen-bond donors (Lipinski definition) is 0. The third-order valence-corrected chi connectivity index (χ3v) is 9.46. The first-order valence-electron chi connectivity index (χ1n) is 9.53. The van der Waals surface area contributed by atoms with Crippen LogP contribution in [0.15, 0.2) is 52.3 Å². The molecule has 7 nitrogen and oxygen atoms in total. The number of sulfonamides is 1. The second-order valence-corrected chi connectivity index (χ2v) is 12.2. The summed E-state index contributed by atoms with van der Waals surface area (Å²) in [6.07, 6.45) is 0. The van der Waals surface area contributed by atoms with E-state index in [9.17, 15) is 26.0 Å². The lowest BCUT2D eigenvalue weighted by Crippen LogP contribution is -2.50.